The van der Waals surface area contributed by atoms with Crippen molar-refractivity contribution in [3.05, 3.63) is 72.8 Å². The molecule has 118 valence electrons. The third-order valence-corrected chi connectivity index (χ3v) is 4.21. The lowest BCUT2D eigenvalue weighted by Gasteiger charge is -2.11. The van der Waals surface area contributed by atoms with Gasteiger partial charge in [0.15, 0.2) is 0 Å². The molecule has 0 spiro atoms. The van der Waals surface area contributed by atoms with Crippen LogP contribution < -0.4 is 4.74 Å². The van der Waals surface area contributed by atoms with Crippen LogP contribution in [0.1, 0.15) is 13.3 Å². The minimum absolute atomic E-state index is 0.747. The Morgan fingerprint density at radius 2 is 1.42 bits per heavy atom. The summed E-state index contributed by atoms with van der Waals surface area (Å²) in [6.45, 7) is 2.86. The Morgan fingerprint density at radius 1 is 0.750 bits per heavy atom. The largest absolute Gasteiger partial charge is 0.494 e. The summed E-state index contributed by atoms with van der Waals surface area (Å²) >= 11 is 0. The Morgan fingerprint density at radius 3 is 2.17 bits per heavy atom. The molecule has 1 aromatic heterocycles. The molecule has 0 aliphatic heterocycles. The molecular formula is C22H19NO. The highest BCUT2D eigenvalue weighted by Crippen LogP contribution is 2.32. The maximum atomic E-state index is 5.68. The summed E-state index contributed by atoms with van der Waals surface area (Å²) in [5.41, 5.74) is 3.16. The van der Waals surface area contributed by atoms with Gasteiger partial charge in [0.25, 0.3) is 0 Å². The van der Waals surface area contributed by atoms with Crippen LogP contribution in [-0.4, -0.2) is 11.6 Å². The van der Waals surface area contributed by atoms with E-state index in [1.807, 2.05) is 18.2 Å². The lowest BCUT2D eigenvalue weighted by atomic mass is 10.00. The number of para-hydroxylation sites is 1. The number of hydrogen-bond donors (Lipinski definition) is 0. The number of hydrogen-bond acceptors (Lipinski definition) is 2. The first-order chi connectivity index (χ1) is 11.9. The molecule has 0 aliphatic carbocycles. The molecule has 0 unspecified atom stereocenters. The van der Waals surface area contributed by atoms with Gasteiger partial charge in [-0.2, -0.15) is 0 Å². The lowest BCUT2D eigenvalue weighted by molar-refractivity contribution is 0.317. The van der Waals surface area contributed by atoms with Crippen LogP contribution in [0.2, 0.25) is 0 Å². The fourth-order valence-corrected chi connectivity index (χ4v) is 3.05. The fourth-order valence-electron chi connectivity index (χ4n) is 3.05. The zero-order chi connectivity index (χ0) is 16.4. The van der Waals surface area contributed by atoms with Crippen LogP contribution in [0.25, 0.3) is 32.9 Å². The molecule has 4 aromatic rings. The van der Waals surface area contributed by atoms with E-state index in [1.165, 1.54) is 16.2 Å². The van der Waals surface area contributed by atoms with Crippen molar-refractivity contribution in [3.63, 3.8) is 0 Å². The van der Waals surface area contributed by atoms with E-state index in [9.17, 15) is 0 Å². The summed E-state index contributed by atoms with van der Waals surface area (Å²) < 4.78 is 5.68. The summed E-state index contributed by atoms with van der Waals surface area (Å²) in [6.07, 6.45) is 1.01. The second-order valence-corrected chi connectivity index (χ2v) is 5.90. The number of ether oxygens (including phenoxy) is 1. The second-order valence-electron chi connectivity index (χ2n) is 5.90. The monoisotopic (exact) mass is 313 g/mol. The predicted molar refractivity (Wildman–Crippen MR) is 100 cm³/mol. The van der Waals surface area contributed by atoms with Gasteiger partial charge in [-0.25, -0.2) is 4.98 Å². The first-order valence-corrected chi connectivity index (χ1v) is 8.37. The Hall–Kier alpha value is -2.87. The van der Waals surface area contributed by atoms with Gasteiger partial charge in [0.05, 0.1) is 17.8 Å². The Kier molecular flexibility index (Phi) is 3.87. The van der Waals surface area contributed by atoms with Crippen LogP contribution in [0.3, 0.4) is 0 Å². The van der Waals surface area contributed by atoms with E-state index in [0.29, 0.717) is 0 Å². The van der Waals surface area contributed by atoms with Crippen molar-refractivity contribution >= 4 is 21.7 Å². The molecule has 0 radical (unpaired) electrons. The number of nitrogens with zero attached hydrogens (tertiary/aromatic N) is 1. The quantitative estimate of drug-likeness (QED) is 0.441. The van der Waals surface area contributed by atoms with Crippen molar-refractivity contribution in [2.24, 2.45) is 0 Å². The van der Waals surface area contributed by atoms with E-state index in [0.717, 1.165) is 35.6 Å². The van der Waals surface area contributed by atoms with Crippen LogP contribution in [0.15, 0.2) is 72.8 Å². The fraction of sp³-hybridized carbons (Fsp3) is 0.136. The summed E-state index contributed by atoms with van der Waals surface area (Å²) in [5.74, 6) is 0.908. The molecule has 24 heavy (non-hydrogen) atoms. The topological polar surface area (TPSA) is 22.1 Å². The average molecular weight is 313 g/mol. The van der Waals surface area contributed by atoms with E-state index in [1.54, 1.807) is 0 Å². The van der Waals surface area contributed by atoms with E-state index in [-0.39, 0.29) is 0 Å². The van der Waals surface area contributed by atoms with Crippen molar-refractivity contribution in [1.82, 2.24) is 4.98 Å². The van der Waals surface area contributed by atoms with Gasteiger partial charge >= 0.3 is 0 Å². The SMILES string of the molecule is CCCOc1ccc(-c2nc3ccccc3c3ccccc23)cc1. The highest BCUT2D eigenvalue weighted by atomic mass is 16.5. The van der Waals surface area contributed by atoms with Crippen LogP contribution in [0, 0.1) is 0 Å². The number of rotatable bonds is 4. The third-order valence-electron chi connectivity index (χ3n) is 4.21. The molecule has 0 fully saturated rings. The Labute approximate surface area is 141 Å². The summed E-state index contributed by atoms with van der Waals surface area (Å²) in [4.78, 5) is 4.92. The first-order valence-electron chi connectivity index (χ1n) is 8.37. The summed E-state index contributed by atoms with van der Waals surface area (Å²) in [5, 5.41) is 3.61. The Balaban J connectivity index is 1.88. The van der Waals surface area contributed by atoms with Crippen molar-refractivity contribution in [2.45, 2.75) is 13.3 Å². The zero-order valence-electron chi connectivity index (χ0n) is 13.7. The van der Waals surface area contributed by atoms with Crippen LogP contribution >= 0.6 is 0 Å². The minimum atomic E-state index is 0.747. The van der Waals surface area contributed by atoms with Crippen molar-refractivity contribution in [1.29, 1.82) is 0 Å². The summed E-state index contributed by atoms with van der Waals surface area (Å²) in [7, 11) is 0. The minimum Gasteiger partial charge on any atom is -0.494 e. The predicted octanol–water partition coefficient (Wildman–Crippen LogP) is 5.84. The number of pyridine rings is 1. The molecule has 3 aromatic carbocycles. The van der Waals surface area contributed by atoms with Gasteiger partial charge in [-0.05, 0) is 42.1 Å². The van der Waals surface area contributed by atoms with Gasteiger partial charge in [0.2, 0.25) is 0 Å². The molecule has 0 atom stereocenters. The maximum Gasteiger partial charge on any atom is 0.119 e. The van der Waals surface area contributed by atoms with Gasteiger partial charge < -0.3 is 4.74 Å². The second kappa shape index (κ2) is 6.32. The first kappa shape index (κ1) is 14.7. The molecule has 1 heterocycles. The van der Waals surface area contributed by atoms with Gasteiger partial charge in [-0.1, -0.05) is 49.4 Å². The number of benzene rings is 3. The molecule has 0 N–H and O–H groups in total. The smallest absolute Gasteiger partial charge is 0.119 e. The van der Waals surface area contributed by atoms with Crippen LogP contribution in [0.5, 0.6) is 5.75 Å². The van der Waals surface area contributed by atoms with Gasteiger partial charge in [0, 0.05) is 16.3 Å². The molecule has 0 bridgehead atoms. The third kappa shape index (κ3) is 2.61. The van der Waals surface area contributed by atoms with Gasteiger partial charge in [-0.15, -0.1) is 0 Å². The highest BCUT2D eigenvalue weighted by molar-refractivity contribution is 6.10. The van der Waals surface area contributed by atoms with Crippen LogP contribution in [0.4, 0.5) is 0 Å². The lowest BCUT2D eigenvalue weighted by Crippen LogP contribution is -1.95. The number of fused-ring (bicyclic) bond motifs is 3. The molecule has 4 rings (SSSR count). The van der Waals surface area contributed by atoms with Crippen molar-refractivity contribution in [2.75, 3.05) is 6.61 Å². The number of aromatic nitrogens is 1. The average Bonchev–Trinajstić information content (AvgIpc) is 2.66. The zero-order valence-corrected chi connectivity index (χ0v) is 13.7. The maximum absolute atomic E-state index is 5.68. The van der Waals surface area contributed by atoms with Crippen molar-refractivity contribution in [3.8, 4) is 17.0 Å². The summed E-state index contributed by atoms with van der Waals surface area (Å²) in [6, 6.07) is 25.0. The molecule has 0 saturated heterocycles. The molecular weight excluding hydrogens is 294 g/mol. The standard InChI is InChI=1S/C22H19NO/c1-2-15-24-17-13-11-16(12-14-17)22-20-9-4-3-7-18(20)19-8-5-6-10-21(19)23-22/h3-14H,2,15H2,1H3. The van der Waals surface area contributed by atoms with E-state index in [2.05, 4.69) is 61.5 Å². The van der Waals surface area contributed by atoms with Gasteiger partial charge in [0.1, 0.15) is 5.75 Å². The molecule has 0 amide bonds. The van der Waals surface area contributed by atoms with E-state index < -0.39 is 0 Å². The van der Waals surface area contributed by atoms with E-state index >= 15 is 0 Å². The van der Waals surface area contributed by atoms with E-state index in [4.69, 9.17) is 9.72 Å². The Bertz CT molecular complexity index is 990. The normalized spacial score (nSPS) is 11.0. The molecule has 2 heteroatoms. The highest BCUT2D eigenvalue weighted by Gasteiger charge is 2.09. The molecule has 2 nitrogen and oxygen atoms in total. The van der Waals surface area contributed by atoms with Gasteiger partial charge in [-0.3, -0.25) is 0 Å². The van der Waals surface area contributed by atoms with Crippen LogP contribution in [-0.2, 0) is 0 Å². The molecule has 0 aliphatic rings. The molecule has 0 saturated carbocycles. The van der Waals surface area contributed by atoms with Crippen molar-refractivity contribution < 1.29 is 4.74 Å².